The van der Waals surface area contributed by atoms with E-state index in [1.54, 1.807) is 19.6 Å². The molecule has 3 heterocycles. The summed E-state index contributed by atoms with van der Waals surface area (Å²) in [5, 5.41) is 4.43. The molecule has 1 N–H and O–H groups in total. The number of piperazine rings is 1. The predicted octanol–water partition coefficient (Wildman–Crippen LogP) is 6.30. The van der Waals surface area contributed by atoms with Gasteiger partial charge in [-0.2, -0.15) is 0 Å². The number of aromatic nitrogens is 3. The molecule has 0 spiro atoms. The van der Waals surface area contributed by atoms with Crippen LogP contribution in [0.3, 0.4) is 0 Å². The van der Waals surface area contributed by atoms with E-state index in [2.05, 4.69) is 95.3 Å². The zero-order valence-corrected chi connectivity index (χ0v) is 30.2. The topological polar surface area (TPSA) is 92.6 Å². The molecule has 4 aromatic rings. The normalized spacial score (nSPS) is 14.9. The zero-order valence-electron chi connectivity index (χ0n) is 29.2. The van der Waals surface area contributed by atoms with Crippen LogP contribution in [0.15, 0.2) is 46.5 Å². The first-order valence-electron chi connectivity index (χ1n) is 17.0. The molecule has 0 atom stereocenters. The fraction of sp³-hybridized carbons (Fsp3) is 0.556. The molecule has 0 unspecified atom stereocenters. The molecule has 10 heteroatoms. The number of anilines is 2. The predicted molar refractivity (Wildman–Crippen MR) is 193 cm³/mol. The van der Waals surface area contributed by atoms with Crippen LogP contribution in [0.5, 0.6) is 5.75 Å². The summed E-state index contributed by atoms with van der Waals surface area (Å²) in [5.74, 6) is 1.58. The highest BCUT2D eigenvalue weighted by atomic mass is 28.3. The maximum atomic E-state index is 12.8. The Kier molecular flexibility index (Phi) is 10.1. The van der Waals surface area contributed by atoms with Crippen molar-refractivity contribution in [3.05, 3.63) is 62.9 Å². The summed E-state index contributed by atoms with van der Waals surface area (Å²) in [7, 11) is -0.367. The van der Waals surface area contributed by atoms with Crippen LogP contribution in [0.2, 0.25) is 16.6 Å². The number of fused-ring (bicyclic) bond motifs is 1. The summed E-state index contributed by atoms with van der Waals surface area (Å²) in [5.41, 5.74) is 5.25. The van der Waals surface area contributed by atoms with Crippen molar-refractivity contribution in [3.63, 3.8) is 0 Å². The van der Waals surface area contributed by atoms with Gasteiger partial charge in [-0.15, -0.1) is 0 Å². The Hall–Kier alpha value is -3.50. The van der Waals surface area contributed by atoms with Crippen LogP contribution < -0.4 is 25.8 Å². The molecule has 9 nitrogen and oxygen atoms in total. The van der Waals surface area contributed by atoms with Gasteiger partial charge in [-0.05, 0) is 79.3 Å². The third-order valence-electron chi connectivity index (χ3n) is 10.2. The smallest absolute Gasteiger partial charge is 0.250 e. The fourth-order valence-corrected chi connectivity index (χ4v) is 14.9. The van der Waals surface area contributed by atoms with Crippen LogP contribution in [0, 0.1) is 0 Å². The van der Waals surface area contributed by atoms with Crippen molar-refractivity contribution in [1.82, 2.24) is 19.1 Å². The number of rotatable bonds is 13. The molecule has 1 aliphatic heterocycles. The lowest BCUT2D eigenvalue weighted by atomic mass is 9.96. The number of nitrogens with one attached hydrogen (secondary N) is 1. The minimum atomic E-state index is -2.03. The quantitative estimate of drug-likeness (QED) is 0.134. The number of ether oxygens (including phenoxy) is 1. The molecule has 0 radical (unpaired) electrons. The lowest BCUT2D eigenvalue weighted by Crippen LogP contribution is -2.51. The van der Waals surface area contributed by atoms with Crippen molar-refractivity contribution < 1.29 is 4.74 Å². The van der Waals surface area contributed by atoms with E-state index in [1.807, 2.05) is 13.8 Å². The average Bonchev–Trinajstić information content (AvgIpc) is 3.38. The first-order chi connectivity index (χ1) is 21.9. The SMILES string of the molecule is COc1cncnc1N1CCN(CCCc2cn([Si](C(C)C)(C(C)C)C(C)C)c3ccc(-c4c(NC(C)C)c(=O)c4=O)cc23)CC1. The number of nitrogens with zero attached hydrogens (tertiary/aromatic N) is 5. The van der Waals surface area contributed by atoms with Crippen LogP contribution in [-0.2, 0) is 6.42 Å². The summed E-state index contributed by atoms with van der Waals surface area (Å²) in [6.07, 6.45) is 7.76. The first-order valence-corrected chi connectivity index (χ1v) is 19.2. The van der Waals surface area contributed by atoms with E-state index in [4.69, 9.17) is 4.74 Å². The first kappa shape index (κ1) is 33.8. The molecule has 248 valence electrons. The van der Waals surface area contributed by atoms with Crippen LogP contribution in [-0.4, -0.2) is 73.2 Å². The fourth-order valence-electron chi connectivity index (χ4n) is 8.27. The summed E-state index contributed by atoms with van der Waals surface area (Å²) in [4.78, 5) is 38.7. The van der Waals surface area contributed by atoms with Gasteiger partial charge in [0, 0.05) is 43.1 Å². The van der Waals surface area contributed by atoms with Crippen LogP contribution >= 0.6 is 0 Å². The molecule has 1 fully saturated rings. The highest BCUT2D eigenvalue weighted by Crippen LogP contribution is 2.45. The van der Waals surface area contributed by atoms with Gasteiger partial charge in [0.05, 0.1) is 24.6 Å². The molecule has 1 saturated heterocycles. The van der Waals surface area contributed by atoms with Gasteiger partial charge in [-0.1, -0.05) is 47.6 Å². The highest BCUT2D eigenvalue weighted by Gasteiger charge is 2.46. The molecule has 1 aliphatic rings. The van der Waals surface area contributed by atoms with Crippen LogP contribution in [0.4, 0.5) is 11.5 Å². The Morgan fingerprint density at radius 1 is 0.935 bits per heavy atom. The molecule has 2 aromatic heterocycles. The monoisotopic (exact) mass is 644 g/mol. The number of benzene rings is 1. The summed E-state index contributed by atoms with van der Waals surface area (Å²) in [6.45, 7) is 23.1. The molecule has 0 bridgehead atoms. The third-order valence-corrected chi connectivity index (χ3v) is 16.9. The van der Waals surface area contributed by atoms with E-state index in [1.165, 1.54) is 16.5 Å². The summed E-state index contributed by atoms with van der Waals surface area (Å²) in [6, 6.07) is 6.51. The lowest BCUT2D eigenvalue weighted by molar-refractivity contribution is 0.253. The van der Waals surface area contributed by atoms with E-state index in [0.717, 1.165) is 56.9 Å². The van der Waals surface area contributed by atoms with Gasteiger partial charge in [0.25, 0.3) is 0 Å². The van der Waals surface area contributed by atoms with E-state index in [9.17, 15) is 9.59 Å². The Bertz CT molecular complexity index is 1710. The van der Waals surface area contributed by atoms with Crippen LogP contribution in [0.1, 0.15) is 67.4 Å². The van der Waals surface area contributed by atoms with Gasteiger partial charge in [-0.25, -0.2) is 9.97 Å². The van der Waals surface area contributed by atoms with Gasteiger partial charge in [0.2, 0.25) is 10.9 Å². The standard InChI is InChI=1S/C36H52N6O3Si/c1-23(2)39-33-32(34(43)35(33)44)27-12-13-30-29(19-27)28(21-42(30)46(24(3)4,25(5)6)26(7)8)11-10-14-40-15-17-41(18-16-40)36-31(45-9)20-37-22-38-36/h12-13,19-26,39H,10-11,14-18H2,1-9H3. The zero-order chi connectivity index (χ0) is 33.3. The molecule has 0 aliphatic carbocycles. The molecule has 2 aromatic carbocycles. The minimum absolute atomic E-state index is 0.0713. The maximum absolute atomic E-state index is 12.8. The van der Waals surface area contributed by atoms with E-state index in [-0.39, 0.29) is 6.04 Å². The van der Waals surface area contributed by atoms with Crippen LogP contribution in [0.25, 0.3) is 22.0 Å². The third kappa shape index (κ3) is 6.01. The number of aryl methyl sites for hydroxylation is 1. The molecular formula is C36H52N6O3Si. The summed E-state index contributed by atoms with van der Waals surface area (Å²) >= 11 is 0. The average molecular weight is 645 g/mol. The minimum Gasteiger partial charge on any atom is -0.491 e. The summed E-state index contributed by atoms with van der Waals surface area (Å²) < 4.78 is 8.18. The number of methoxy groups -OCH3 is 1. The second-order valence-electron chi connectivity index (χ2n) is 14.2. The Morgan fingerprint density at radius 2 is 1.61 bits per heavy atom. The van der Waals surface area contributed by atoms with E-state index >= 15 is 0 Å². The van der Waals surface area contributed by atoms with Crippen molar-refractivity contribution in [3.8, 4) is 16.9 Å². The number of hydrogen-bond donors (Lipinski definition) is 1. The van der Waals surface area contributed by atoms with Gasteiger partial charge < -0.3 is 19.2 Å². The second kappa shape index (κ2) is 13.7. The van der Waals surface area contributed by atoms with E-state index < -0.39 is 19.1 Å². The van der Waals surface area contributed by atoms with Gasteiger partial charge in [0.1, 0.15) is 6.33 Å². The van der Waals surface area contributed by atoms with Gasteiger partial charge in [-0.3, -0.25) is 14.5 Å². The molecule has 5 rings (SSSR count). The molecule has 0 amide bonds. The Balaban J connectivity index is 1.44. The number of hydrogen-bond acceptors (Lipinski definition) is 8. The van der Waals surface area contributed by atoms with Crippen molar-refractivity contribution in [2.24, 2.45) is 0 Å². The Morgan fingerprint density at radius 3 is 2.22 bits per heavy atom. The van der Waals surface area contributed by atoms with Gasteiger partial charge >= 0.3 is 0 Å². The van der Waals surface area contributed by atoms with E-state index in [0.29, 0.717) is 33.6 Å². The van der Waals surface area contributed by atoms with Crippen molar-refractivity contribution in [2.75, 3.05) is 50.1 Å². The largest absolute Gasteiger partial charge is 0.491 e. The molecular weight excluding hydrogens is 593 g/mol. The molecule has 46 heavy (non-hydrogen) atoms. The van der Waals surface area contributed by atoms with Crippen molar-refractivity contribution >= 4 is 30.6 Å². The molecule has 0 saturated carbocycles. The lowest BCUT2D eigenvalue weighted by Gasteiger charge is -2.44. The Labute approximate surface area is 274 Å². The van der Waals surface area contributed by atoms with Crippen molar-refractivity contribution in [2.45, 2.75) is 90.9 Å². The highest BCUT2D eigenvalue weighted by molar-refractivity contribution is 6.82. The second-order valence-corrected chi connectivity index (χ2v) is 19.9. The van der Waals surface area contributed by atoms with Gasteiger partial charge in [0.15, 0.2) is 19.8 Å². The van der Waals surface area contributed by atoms with Crippen molar-refractivity contribution in [1.29, 1.82) is 0 Å². The maximum Gasteiger partial charge on any atom is 0.250 e.